The number of rotatable bonds is 4. The summed E-state index contributed by atoms with van der Waals surface area (Å²) in [5, 5.41) is 22.3. The minimum Gasteiger partial charge on any atom is -0.542 e. The number of nitrogens with one attached hydrogen (secondary N) is 1. The van der Waals surface area contributed by atoms with Gasteiger partial charge in [0.25, 0.3) is 5.91 Å². The molecule has 0 radical (unpaired) electrons. The second kappa shape index (κ2) is 10.9. The van der Waals surface area contributed by atoms with E-state index in [0.29, 0.717) is 0 Å². The minimum atomic E-state index is -5.19. The van der Waals surface area contributed by atoms with Gasteiger partial charge in [0.05, 0.1) is 5.56 Å². The number of ether oxygens (including phenoxy) is 1. The van der Waals surface area contributed by atoms with Gasteiger partial charge < -0.3 is 19.7 Å². The topological polar surface area (TPSA) is 153 Å². The molecule has 1 rings (SSSR count). The Morgan fingerprint density at radius 3 is 2.17 bits per heavy atom. The molecule has 0 bridgehead atoms. The van der Waals surface area contributed by atoms with Crippen molar-refractivity contribution in [1.29, 1.82) is 0 Å². The molecule has 0 saturated carbocycles. The molecule has 0 saturated heterocycles. The van der Waals surface area contributed by atoms with Crippen molar-refractivity contribution in [2.45, 2.75) is 45.5 Å². The summed E-state index contributed by atoms with van der Waals surface area (Å²) in [5.41, 5.74) is 1.93. The first-order valence-electron chi connectivity index (χ1n) is 8.16. The monoisotopic (exact) mass is 438 g/mol. The normalized spacial score (nSPS) is 10.9. The summed E-state index contributed by atoms with van der Waals surface area (Å²) in [6.45, 7) is 5.36. The number of aromatic nitrogens is 2. The molecule has 0 fully saturated rings. The van der Waals surface area contributed by atoms with Crippen LogP contribution in [0.3, 0.4) is 0 Å². The number of hydrogen-bond donors (Lipinski definition) is 2. The molecule has 0 spiro atoms. The average Bonchev–Trinajstić information content (AvgIpc) is 2.58. The second-order valence-corrected chi connectivity index (χ2v) is 6.59. The summed E-state index contributed by atoms with van der Waals surface area (Å²) in [6.07, 6.45) is -3.16. The highest BCUT2D eigenvalue weighted by Gasteiger charge is 2.28. The van der Waals surface area contributed by atoms with Gasteiger partial charge in [0.1, 0.15) is 24.2 Å². The SMILES string of the molecule is CN(NC(=O)c1cc[n+](CCC(=O)O)nc1)C(=O)OC(C)(C)C.O=C([O-])C(F)(F)F. The second-order valence-electron chi connectivity index (χ2n) is 6.59. The largest absolute Gasteiger partial charge is 0.542 e. The molecule has 0 unspecified atom stereocenters. The van der Waals surface area contributed by atoms with Gasteiger partial charge in [-0.1, -0.05) is 4.68 Å². The van der Waals surface area contributed by atoms with E-state index in [0.717, 1.165) is 5.01 Å². The van der Waals surface area contributed by atoms with Crippen molar-refractivity contribution in [3.63, 3.8) is 0 Å². The van der Waals surface area contributed by atoms with Crippen molar-refractivity contribution in [2.24, 2.45) is 0 Å². The zero-order valence-corrected chi connectivity index (χ0v) is 16.5. The highest BCUT2D eigenvalue weighted by atomic mass is 19.4. The first-order chi connectivity index (χ1) is 13.5. The van der Waals surface area contributed by atoms with Crippen LogP contribution in [0, 0.1) is 0 Å². The number of amides is 2. The summed E-state index contributed by atoms with van der Waals surface area (Å²) >= 11 is 0. The molecule has 0 aliphatic rings. The number of carbonyl (C=O) groups excluding carboxylic acids is 3. The number of nitrogens with zero attached hydrogens (tertiary/aromatic N) is 3. The van der Waals surface area contributed by atoms with Crippen molar-refractivity contribution in [3.8, 4) is 0 Å². The van der Waals surface area contributed by atoms with E-state index in [1.807, 2.05) is 0 Å². The van der Waals surface area contributed by atoms with Gasteiger partial charge in [-0.3, -0.25) is 15.0 Å². The van der Waals surface area contributed by atoms with Crippen molar-refractivity contribution >= 4 is 23.9 Å². The fourth-order valence-electron chi connectivity index (χ4n) is 1.45. The number of hydrogen-bond acceptors (Lipinski definition) is 7. The number of hydrazine groups is 1. The van der Waals surface area contributed by atoms with Crippen LogP contribution in [-0.4, -0.2) is 58.0 Å². The Morgan fingerprint density at radius 1 is 1.27 bits per heavy atom. The van der Waals surface area contributed by atoms with Gasteiger partial charge >= 0.3 is 18.2 Å². The average molecular weight is 438 g/mol. The maximum absolute atomic E-state index is 12.0. The molecule has 30 heavy (non-hydrogen) atoms. The van der Waals surface area contributed by atoms with Crippen LogP contribution in [0.2, 0.25) is 0 Å². The molecular weight excluding hydrogens is 417 g/mol. The van der Waals surface area contributed by atoms with Gasteiger partial charge in [0.2, 0.25) is 0 Å². The summed E-state index contributed by atoms with van der Waals surface area (Å²) in [7, 11) is 1.37. The molecule has 168 valence electrons. The summed E-state index contributed by atoms with van der Waals surface area (Å²) < 4.78 is 38.1. The molecule has 1 heterocycles. The summed E-state index contributed by atoms with van der Waals surface area (Å²) in [6, 6.07) is 1.48. The maximum Gasteiger partial charge on any atom is 0.430 e. The van der Waals surface area contributed by atoms with E-state index >= 15 is 0 Å². The van der Waals surface area contributed by atoms with E-state index in [1.54, 1.807) is 20.8 Å². The van der Waals surface area contributed by atoms with Crippen LogP contribution in [-0.2, 0) is 20.9 Å². The number of halogens is 3. The molecule has 0 atom stereocenters. The quantitative estimate of drug-likeness (QED) is 0.478. The lowest BCUT2D eigenvalue weighted by atomic mass is 10.2. The van der Waals surface area contributed by atoms with Gasteiger partial charge in [-0.25, -0.2) is 9.80 Å². The number of aliphatic carboxylic acids is 2. The van der Waals surface area contributed by atoms with Crippen LogP contribution in [0.15, 0.2) is 18.5 Å². The van der Waals surface area contributed by atoms with Crippen LogP contribution < -0.4 is 15.2 Å². The molecule has 14 heteroatoms. The zero-order chi connectivity index (χ0) is 23.7. The lowest BCUT2D eigenvalue weighted by molar-refractivity contribution is -0.753. The van der Waals surface area contributed by atoms with Crippen LogP contribution in [0.1, 0.15) is 37.6 Å². The Hall–Kier alpha value is -3.45. The van der Waals surface area contributed by atoms with Gasteiger partial charge in [-0.15, -0.1) is 0 Å². The molecule has 0 aliphatic heterocycles. The zero-order valence-electron chi connectivity index (χ0n) is 16.5. The molecule has 0 aliphatic carbocycles. The van der Waals surface area contributed by atoms with E-state index in [2.05, 4.69) is 10.5 Å². The third-order valence-electron chi connectivity index (χ3n) is 2.76. The van der Waals surface area contributed by atoms with E-state index in [1.165, 1.54) is 30.2 Å². The highest BCUT2D eigenvalue weighted by Crippen LogP contribution is 2.11. The number of carbonyl (C=O) groups is 4. The Balaban J connectivity index is 0.00000103. The minimum absolute atomic E-state index is 0.0649. The number of carboxylic acid groups (broad SMARTS) is 2. The summed E-state index contributed by atoms with van der Waals surface area (Å²) in [5.74, 6) is -4.47. The molecule has 1 aromatic heterocycles. The maximum atomic E-state index is 12.0. The van der Waals surface area contributed by atoms with Crippen LogP contribution in [0.25, 0.3) is 0 Å². The first-order valence-corrected chi connectivity index (χ1v) is 8.16. The van der Waals surface area contributed by atoms with E-state index in [9.17, 15) is 27.6 Å². The van der Waals surface area contributed by atoms with Crippen LogP contribution in [0.4, 0.5) is 18.0 Å². The Kier molecular flexibility index (Phi) is 9.67. The molecule has 11 nitrogen and oxygen atoms in total. The standard InChI is InChI=1S/C14H20N4O5.C2HF3O2/c1-14(2,3)23-13(22)17(4)16-12(21)10-5-7-18(15-9-10)8-6-11(19)20;3-2(4,5)1(6)7/h5,7,9H,6,8H2,1-4H3,(H-,15,16,19,20,21);(H,6,7). The number of aryl methyl sites for hydroxylation is 1. The van der Waals surface area contributed by atoms with Gasteiger partial charge in [0, 0.05) is 13.1 Å². The van der Waals surface area contributed by atoms with Gasteiger partial charge in [-0.05, 0) is 25.9 Å². The van der Waals surface area contributed by atoms with Gasteiger partial charge in [0.15, 0.2) is 12.7 Å². The lowest BCUT2D eigenvalue weighted by Gasteiger charge is -2.24. The lowest BCUT2D eigenvalue weighted by Crippen LogP contribution is -2.46. The Morgan fingerprint density at radius 2 is 1.80 bits per heavy atom. The molecule has 2 amide bonds. The van der Waals surface area contributed by atoms with Crippen LogP contribution in [0.5, 0.6) is 0 Å². The van der Waals surface area contributed by atoms with Crippen molar-refractivity contribution in [3.05, 3.63) is 24.0 Å². The third kappa shape index (κ3) is 11.4. The summed E-state index contributed by atoms with van der Waals surface area (Å²) in [4.78, 5) is 43.0. The number of carboxylic acids is 2. The molecule has 1 aromatic rings. The smallest absolute Gasteiger partial charge is 0.430 e. The Labute approximate surface area is 169 Å². The van der Waals surface area contributed by atoms with Crippen molar-refractivity contribution in [2.75, 3.05) is 7.05 Å². The van der Waals surface area contributed by atoms with Crippen LogP contribution >= 0.6 is 0 Å². The Bertz CT molecular complexity index is 762. The van der Waals surface area contributed by atoms with Crippen molar-refractivity contribution < 1.29 is 52.0 Å². The third-order valence-corrected chi connectivity index (χ3v) is 2.76. The fourth-order valence-corrected chi connectivity index (χ4v) is 1.45. The first kappa shape index (κ1) is 26.6. The molecular formula is C16H21F3N4O7. The van der Waals surface area contributed by atoms with E-state index in [4.69, 9.17) is 19.7 Å². The fraction of sp³-hybridized carbons (Fsp3) is 0.500. The van der Waals surface area contributed by atoms with Gasteiger partial charge in [-0.2, -0.15) is 13.2 Å². The van der Waals surface area contributed by atoms with Crippen molar-refractivity contribution in [1.82, 2.24) is 15.5 Å². The highest BCUT2D eigenvalue weighted by molar-refractivity contribution is 5.94. The predicted octanol–water partition coefficient (Wildman–Crippen LogP) is -0.346. The molecule has 0 aromatic carbocycles. The predicted molar refractivity (Wildman–Crippen MR) is 89.2 cm³/mol. The van der Waals surface area contributed by atoms with E-state index < -0.39 is 35.7 Å². The molecule has 2 N–H and O–H groups in total. The number of alkyl halides is 3. The van der Waals surface area contributed by atoms with E-state index in [-0.39, 0.29) is 18.5 Å².